The fourth-order valence-corrected chi connectivity index (χ4v) is 4.27. The maximum absolute atomic E-state index is 12.6. The maximum atomic E-state index is 12.6. The normalized spacial score (nSPS) is 11.1. The van der Waals surface area contributed by atoms with Crippen LogP contribution in [-0.4, -0.2) is 36.6 Å². The average molecular weight is 433 g/mol. The molecule has 1 N–H and O–H groups in total. The molecule has 0 radical (unpaired) electrons. The Morgan fingerprint density at radius 3 is 2.42 bits per heavy atom. The molecule has 2 heterocycles. The van der Waals surface area contributed by atoms with Gasteiger partial charge in [-0.2, -0.15) is 0 Å². The van der Waals surface area contributed by atoms with Gasteiger partial charge in [-0.1, -0.05) is 64.5 Å². The van der Waals surface area contributed by atoms with Crippen molar-refractivity contribution in [2.24, 2.45) is 0 Å². The molecule has 0 saturated carbocycles. The molecular formula is C23H24N6OS. The molecule has 4 rings (SSSR count). The van der Waals surface area contributed by atoms with E-state index >= 15 is 0 Å². The number of aromatic nitrogens is 5. The van der Waals surface area contributed by atoms with E-state index in [2.05, 4.69) is 68.9 Å². The molecule has 0 saturated heterocycles. The summed E-state index contributed by atoms with van der Waals surface area (Å²) in [4.78, 5) is 21.2. The molecule has 158 valence electrons. The van der Waals surface area contributed by atoms with Gasteiger partial charge in [-0.3, -0.25) is 4.79 Å². The number of aryl methyl sites for hydroxylation is 4. The second-order valence-corrected chi connectivity index (χ2v) is 8.66. The van der Waals surface area contributed by atoms with Gasteiger partial charge >= 0.3 is 0 Å². The molecule has 31 heavy (non-hydrogen) atoms. The number of nitrogens with one attached hydrogen (secondary N) is 1. The lowest BCUT2D eigenvalue weighted by Crippen LogP contribution is -2.16. The lowest BCUT2D eigenvalue weighted by atomic mass is 10.1. The van der Waals surface area contributed by atoms with Crippen molar-refractivity contribution in [2.45, 2.75) is 39.3 Å². The molecule has 0 aliphatic heterocycles. The third-order valence-electron chi connectivity index (χ3n) is 5.00. The van der Waals surface area contributed by atoms with E-state index in [1.54, 1.807) is 4.68 Å². The van der Waals surface area contributed by atoms with Crippen LogP contribution in [0.1, 0.15) is 27.8 Å². The van der Waals surface area contributed by atoms with Gasteiger partial charge in [0.1, 0.15) is 11.4 Å². The molecule has 1 amide bonds. The highest BCUT2D eigenvalue weighted by Gasteiger charge is 2.15. The molecule has 0 aliphatic carbocycles. The lowest BCUT2D eigenvalue weighted by molar-refractivity contribution is -0.113. The maximum Gasteiger partial charge on any atom is 0.234 e. The van der Waals surface area contributed by atoms with Crippen molar-refractivity contribution in [3.63, 3.8) is 0 Å². The molecule has 0 spiro atoms. The van der Waals surface area contributed by atoms with Gasteiger partial charge in [-0.25, -0.2) is 14.6 Å². The SMILES string of the molecule is Cc1ccc(Cn2nnc3c(SCC(=O)Nc4c(C)cc(C)cc4C)ncnc32)cc1. The quantitative estimate of drug-likeness (QED) is 0.362. The topological polar surface area (TPSA) is 85.6 Å². The van der Waals surface area contributed by atoms with E-state index in [1.807, 2.05) is 20.8 Å². The van der Waals surface area contributed by atoms with Gasteiger partial charge in [0.05, 0.1) is 12.3 Å². The first-order valence-corrected chi connectivity index (χ1v) is 11.0. The number of hydrogen-bond acceptors (Lipinski definition) is 6. The van der Waals surface area contributed by atoms with E-state index in [1.165, 1.54) is 29.2 Å². The molecule has 8 heteroatoms. The van der Waals surface area contributed by atoms with Gasteiger partial charge in [-0.05, 0) is 44.4 Å². The van der Waals surface area contributed by atoms with E-state index in [4.69, 9.17) is 0 Å². The second-order valence-electron chi connectivity index (χ2n) is 7.69. The Kier molecular flexibility index (Phi) is 5.99. The van der Waals surface area contributed by atoms with E-state index in [0.29, 0.717) is 22.7 Å². The summed E-state index contributed by atoms with van der Waals surface area (Å²) in [6.45, 7) is 8.69. The molecular weight excluding hydrogens is 408 g/mol. The minimum atomic E-state index is -0.0844. The van der Waals surface area contributed by atoms with Crippen LogP contribution in [0.15, 0.2) is 47.8 Å². The second kappa shape index (κ2) is 8.85. The molecule has 7 nitrogen and oxygen atoms in total. The van der Waals surface area contributed by atoms with E-state index in [0.717, 1.165) is 22.4 Å². The summed E-state index contributed by atoms with van der Waals surface area (Å²) in [5.74, 6) is 0.141. The van der Waals surface area contributed by atoms with Crippen LogP contribution in [0.25, 0.3) is 11.2 Å². The number of thioether (sulfide) groups is 1. The Morgan fingerprint density at radius 2 is 1.71 bits per heavy atom. The number of benzene rings is 2. The smallest absolute Gasteiger partial charge is 0.234 e. The highest BCUT2D eigenvalue weighted by Crippen LogP contribution is 2.25. The van der Waals surface area contributed by atoms with Gasteiger partial charge in [0.2, 0.25) is 5.91 Å². The van der Waals surface area contributed by atoms with Gasteiger partial charge in [0.25, 0.3) is 0 Å². The summed E-state index contributed by atoms with van der Waals surface area (Å²) >= 11 is 1.33. The van der Waals surface area contributed by atoms with Crippen LogP contribution in [0.5, 0.6) is 0 Å². The van der Waals surface area contributed by atoms with Crippen LogP contribution < -0.4 is 5.32 Å². The zero-order valence-electron chi connectivity index (χ0n) is 18.0. The Bertz CT molecular complexity index is 1230. The van der Waals surface area contributed by atoms with Crippen molar-refractivity contribution >= 4 is 34.5 Å². The monoisotopic (exact) mass is 432 g/mol. The molecule has 2 aromatic heterocycles. The van der Waals surface area contributed by atoms with Crippen LogP contribution in [0.3, 0.4) is 0 Å². The van der Waals surface area contributed by atoms with E-state index < -0.39 is 0 Å². The third kappa shape index (κ3) is 4.74. The molecule has 0 aliphatic rings. The highest BCUT2D eigenvalue weighted by atomic mass is 32.2. The van der Waals surface area contributed by atoms with Gasteiger partial charge < -0.3 is 5.32 Å². The Morgan fingerprint density at radius 1 is 1.00 bits per heavy atom. The Labute approximate surface area is 185 Å². The third-order valence-corrected chi connectivity index (χ3v) is 5.98. The zero-order chi connectivity index (χ0) is 22.0. The molecule has 2 aromatic carbocycles. The van der Waals surface area contributed by atoms with Crippen molar-refractivity contribution in [3.8, 4) is 0 Å². The molecule has 4 aromatic rings. The fraction of sp³-hybridized carbons (Fsp3) is 0.261. The summed E-state index contributed by atoms with van der Waals surface area (Å²) < 4.78 is 1.75. The number of carbonyl (C=O) groups excluding carboxylic acids is 1. The number of nitrogens with zero attached hydrogens (tertiary/aromatic N) is 5. The van der Waals surface area contributed by atoms with Crippen LogP contribution in [-0.2, 0) is 11.3 Å². The van der Waals surface area contributed by atoms with Gasteiger partial charge in [0, 0.05) is 5.69 Å². The molecule has 0 atom stereocenters. The summed E-state index contributed by atoms with van der Waals surface area (Å²) in [6, 6.07) is 12.4. The van der Waals surface area contributed by atoms with E-state index in [9.17, 15) is 4.79 Å². The molecule has 0 unspecified atom stereocenters. The van der Waals surface area contributed by atoms with Crippen LogP contribution in [0.2, 0.25) is 0 Å². The average Bonchev–Trinajstić information content (AvgIpc) is 3.14. The summed E-state index contributed by atoms with van der Waals surface area (Å²) in [5.41, 5.74) is 7.75. The summed E-state index contributed by atoms with van der Waals surface area (Å²) in [5, 5.41) is 12.2. The highest BCUT2D eigenvalue weighted by molar-refractivity contribution is 8.00. The van der Waals surface area contributed by atoms with Crippen molar-refractivity contribution in [3.05, 3.63) is 70.5 Å². The van der Waals surface area contributed by atoms with Gasteiger partial charge in [0.15, 0.2) is 11.2 Å². The minimum absolute atomic E-state index is 0.0844. The number of anilines is 1. The number of hydrogen-bond donors (Lipinski definition) is 1. The number of carbonyl (C=O) groups is 1. The number of amides is 1. The van der Waals surface area contributed by atoms with Crippen molar-refractivity contribution in [2.75, 3.05) is 11.1 Å². The zero-order valence-corrected chi connectivity index (χ0v) is 18.8. The Hall–Kier alpha value is -3.26. The van der Waals surface area contributed by atoms with Crippen molar-refractivity contribution < 1.29 is 4.79 Å². The molecule has 0 fully saturated rings. The van der Waals surface area contributed by atoms with E-state index in [-0.39, 0.29) is 11.7 Å². The summed E-state index contributed by atoms with van der Waals surface area (Å²) in [7, 11) is 0. The van der Waals surface area contributed by atoms with Crippen LogP contribution >= 0.6 is 11.8 Å². The number of rotatable bonds is 6. The number of fused-ring (bicyclic) bond motifs is 1. The van der Waals surface area contributed by atoms with Crippen LogP contribution in [0.4, 0.5) is 5.69 Å². The predicted molar refractivity (Wildman–Crippen MR) is 123 cm³/mol. The van der Waals surface area contributed by atoms with Crippen LogP contribution in [0, 0.1) is 27.7 Å². The standard InChI is InChI=1S/C23H24N6OS/c1-14-5-7-18(8-6-14)11-29-22-21(27-28-29)23(25-13-24-22)31-12-19(30)26-20-16(3)9-15(2)10-17(20)4/h5-10,13H,11-12H2,1-4H3,(H,26,30). The first kappa shape index (κ1) is 21.0. The van der Waals surface area contributed by atoms with Crippen molar-refractivity contribution in [1.29, 1.82) is 0 Å². The minimum Gasteiger partial charge on any atom is -0.325 e. The first-order chi connectivity index (χ1) is 14.9. The first-order valence-electron chi connectivity index (χ1n) is 10.0. The largest absolute Gasteiger partial charge is 0.325 e. The van der Waals surface area contributed by atoms with Gasteiger partial charge in [-0.15, -0.1) is 5.10 Å². The summed E-state index contributed by atoms with van der Waals surface area (Å²) in [6.07, 6.45) is 1.49. The van der Waals surface area contributed by atoms with Crippen molar-refractivity contribution in [1.82, 2.24) is 25.0 Å². The fourth-order valence-electron chi connectivity index (χ4n) is 3.54. The molecule has 0 bridgehead atoms. The predicted octanol–water partition coefficient (Wildman–Crippen LogP) is 4.23. The lowest BCUT2D eigenvalue weighted by Gasteiger charge is -2.12. The Balaban J connectivity index is 1.47.